The first kappa shape index (κ1) is 12.1. The van der Waals surface area contributed by atoms with Gasteiger partial charge in [0, 0.05) is 24.4 Å². The minimum absolute atomic E-state index is 0.113. The van der Waals surface area contributed by atoms with Crippen LogP contribution in [0, 0.1) is 10.1 Å². The van der Waals surface area contributed by atoms with Gasteiger partial charge in [-0.3, -0.25) is 10.1 Å². The number of hydrogen-bond acceptors (Lipinski definition) is 5. The number of nitrogens with zero attached hydrogens (tertiary/aromatic N) is 1. The zero-order chi connectivity index (χ0) is 12.1. The summed E-state index contributed by atoms with van der Waals surface area (Å²) in [6.07, 6.45) is 0. The van der Waals surface area contributed by atoms with Crippen molar-refractivity contribution in [3.05, 3.63) is 22.2 Å². The van der Waals surface area contributed by atoms with E-state index in [2.05, 4.69) is 5.32 Å². The van der Waals surface area contributed by atoms with E-state index in [4.69, 9.17) is 9.47 Å². The maximum atomic E-state index is 10.8. The lowest BCUT2D eigenvalue weighted by Crippen LogP contribution is -2.01. The Morgan fingerprint density at radius 3 is 2.50 bits per heavy atom. The molecule has 0 heterocycles. The predicted molar refractivity (Wildman–Crippen MR) is 60.4 cm³/mol. The highest BCUT2D eigenvalue weighted by atomic mass is 16.6. The molecule has 1 N–H and O–H groups in total. The van der Waals surface area contributed by atoms with Gasteiger partial charge in [-0.15, -0.1) is 0 Å². The van der Waals surface area contributed by atoms with E-state index in [1.54, 1.807) is 6.07 Å². The minimum atomic E-state index is -0.498. The van der Waals surface area contributed by atoms with Crippen LogP contribution in [-0.2, 0) is 0 Å². The Morgan fingerprint density at radius 1 is 1.38 bits per heavy atom. The number of nitro groups is 1. The molecule has 6 nitrogen and oxygen atoms in total. The summed E-state index contributed by atoms with van der Waals surface area (Å²) >= 11 is 0. The van der Waals surface area contributed by atoms with Gasteiger partial charge < -0.3 is 14.8 Å². The van der Waals surface area contributed by atoms with E-state index in [1.165, 1.54) is 20.3 Å². The Hall–Kier alpha value is -1.98. The number of anilines is 1. The van der Waals surface area contributed by atoms with Crippen molar-refractivity contribution in [2.45, 2.75) is 6.92 Å². The van der Waals surface area contributed by atoms with Gasteiger partial charge in [-0.1, -0.05) is 0 Å². The molecule has 0 fully saturated rings. The van der Waals surface area contributed by atoms with Crippen LogP contribution in [0.3, 0.4) is 0 Å². The number of nitro benzene ring substituents is 1. The van der Waals surface area contributed by atoms with E-state index >= 15 is 0 Å². The molecular weight excluding hydrogens is 212 g/mol. The second-order valence-electron chi connectivity index (χ2n) is 3.02. The fourth-order valence-electron chi connectivity index (χ4n) is 1.39. The molecule has 0 spiro atoms. The van der Waals surface area contributed by atoms with Gasteiger partial charge in [-0.25, -0.2) is 0 Å². The molecule has 1 rings (SSSR count). The van der Waals surface area contributed by atoms with Gasteiger partial charge in [0.05, 0.1) is 19.1 Å². The quantitative estimate of drug-likeness (QED) is 0.614. The molecule has 0 bridgehead atoms. The predicted octanol–water partition coefficient (Wildman–Crippen LogP) is 2.04. The fourth-order valence-corrected chi connectivity index (χ4v) is 1.39. The summed E-state index contributed by atoms with van der Waals surface area (Å²) in [5.41, 5.74) is 0.518. The van der Waals surface area contributed by atoms with E-state index in [9.17, 15) is 10.1 Å². The molecule has 0 aromatic heterocycles. The molecule has 0 aliphatic rings. The van der Waals surface area contributed by atoms with E-state index in [0.29, 0.717) is 18.0 Å². The maximum Gasteiger partial charge on any atom is 0.316 e. The lowest BCUT2D eigenvalue weighted by atomic mass is 10.2. The summed E-state index contributed by atoms with van der Waals surface area (Å²) in [5.74, 6) is 0.474. The molecule has 0 atom stereocenters. The summed E-state index contributed by atoms with van der Waals surface area (Å²) in [4.78, 5) is 10.3. The molecule has 1 aromatic rings. The zero-order valence-electron chi connectivity index (χ0n) is 9.44. The zero-order valence-corrected chi connectivity index (χ0v) is 9.44. The molecule has 6 heteroatoms. The first-order valence-corrected chi connectivity index (χ1v) is 4.78. The highest BCUT2D eigenvalue weighted by molar-refractivity contribution is 5.65. The minimum Gasteiger partial charge on any atom is -0.493 e. The van der Waals surface area contributed by atoms with Crippen molar-refractivity contribution < 1.29 is 14.4 Å². The third kappa shape index (κ3) is 2.33. The van der Waals surface area contributed by atoms with Crippen LogP contribution in [0.15, 0.2) is 12.1 Å². The number of rotatable bonds is 5. The van der Waals surface area contributed by atoms with Crippen molar-refractivity contribution in [3.63, 3.8) is 0 Å². The molecule has 1 aromatic carbocycles. The van der Waals surface area contributed by atoms with Gasteiger partial charge in [-0.05, 0) is 6.92 Å². The Balaban J connectivity index is 3.31. The number of nitrogens with one attached hydrogen (secondary N) is 1. The van der Waals surface area contributed by atoms with Gasteiger partial charge in [0.25, 0.3) is 0 Å². The lowest BCUT2D eigenvalue weighted by molar-refractivity contribution is -0.385. The van der Waals surface area contributed by atoms with Gasteiger partial charge in [0.15, 0.2) is 5.75 Å². The van der Waals surface area contributed by atoms with Crippen LogP contribution in [0.1, 0.15) is 6.92 Å². The summed E-state index contributed by atoms with van der Waals surface area (Å²) in [6, 6.07) is 3.08. The SMILES string of the molecule is CCNc1cc(OC)c(OC)c([N+](=O)[O-])c1. The van der Waals surface area contributed by atoms with E-state index in [0.717, 1.165) is 0 Å². The van der Waals surface area contributed by atoms with Crippen molar-refractivity contribution in [3.8, 4) is 11.5 Å². The molecular formula is C10H14N2O4. The normalized spacial score (nSPS) is 9.69. The van der Waals surface area contributed by atoms with Crippen LogP contribution < -0.4 is 14.8 Å². The Bertz CT molecular complexity index is 393. The number of hydrogen-bond donors (Lipinski definition) is 1. The molecule has 88 valence electrons. The second-order valence-corrected chi connectivity index (χ2v) is 3.02. The van der Waals surface area contributed by atoms with Crippen LogP contribution >= 0.6 is 0 Å². The maximum absolute atomic E-state index is 10.8. The topological polar surface area (TPSA) is 73.6 Å². The highest BCUT2D eigenvalue weighted by Crippen LogP contribution is 2.39. The molecule has 0 saturated carbocycles. The Morgan fingerprint density at radius 2 is 2.06 bits per heavy atom. The first-order valence-electron chi connectivity index (χ1n) is 4.78. The molecule has 0 radical (unpaired) electrons. The molecule has 0 unspecified atom stereocenters. The standard InChI is InChI=1S/C10H14N2O4/c1-4-11-7-5-8(12(13)14)10(16-3)9(6-7)15-2/h5-6,11H,4H2,1-3H3. The molecule has 0 aliphatic carbocycles. The third-order valence-corrected chi connectivity index (χ3v) is 2.04. The van der Waals surface area contributed by atoms with Gasteiger partial charge in [0.1, 0.15) is 0 Å². The summed E-state index contributed by atoms with van der Waals surface area (Å²) in [5, 5.41) is 13.8. The number of benzene rings is 1. The third-order valence-electron chi connectivity index (χ3n) is 2.04. The van der Waals surface area contributed by atoms with Crippen molar-refractivity contribution in [1.29, 1.82) is 0 Å². The van der Waals surface area contributed by atoms with E-state index in [-0.39, 0.29) is 11.4 Å². The second kappa shape index (κ2) is 5.20. The van der Waals surface area contributed by atoms with E-state index < -0.39 is 4.92 Å². The lowest BCUT2D eigenvalue weighted by Gasteiger charge is -2.10. The smallest absolute Gasteiger partial charge is 0.316 e. The average Bonchev–Trinajstić information content (AvgIpc) is 2.28. The van der Waals surface area contributed by atoms with Crippen LogP contribution in [0.4, 0.5) is 11.4 Å². The van der Waals surface area contributed by atoms with Gasteiger partial charge in [0.2, 0.25) is 5.75 Å². The van der Waals surface area contributed by atoms with Crippen LogP contribution in [0.5, 0.6) is 11.5 Å². The van der Waals surface area contributed by atoms with Crippen molar-refractivity contribution >= 4 is 11.4 Å². The molecule has 16 heavy (non-hydrogen) atoms. The van der Waals surface area contributed by atoms with Gasteiger partial charge in [-0.2, -0.15) is 0 Å². The van der Waals surface area contributed by atoms with E-state index in [1.807, 2.05) is 6.92 Å². The van der Waals surface area contributed by atoms with Crippen LogP contribution in [0.2, 0.25) is 0 Å². The van der Waals surface area contributed by atoms with Crippen LogP contribution in [0.25, 0.3) is 0 Å². The monoisotopic (exact) mass is 226 g/mol. The number of ether oxygens (including phenoxy) is 2. The fraction of sp³-hybridized carbons (Fsp3) is 0.400. The first-order chi connectivity index (χ1) is 7.63. The Labute approximate surface area is 93.3 Å². The average molecular weight is 226 g/mol. The Kier molecular flexibility index (Phi) is 3.93. The summed E-state index contributed by atoms with van der Waals surface area (Å²) in [6.45, 7) is 2.58. The number of methoxy groups -OCH3 is 2. The highest BCUT2D eigenvalue weighted by Gasteiger charge is 2.21. The molecule has 0 saturated heterocycles. The molecule has 0 aliphatic heterocycles. The van der Waals surface area contributed by atoms with Crippen molar-refractivity contribution in [2.75, 3.05) is 26.1 Å². The summed E-state index contributed by atoms with van der Waals surface area (Å²) in [7, 11) is 2.81. The van der Waals surface area contributed by atoms with Crippen LogP contribution in [-0.4, -0.2) is 25.7 Å². The van der Waals surface area contributed by atoms with Crippen molar-refractivity contribution in [1.82, 2.24) is 0 Å². The van der Waals surface area contributed by atoms with Crippen molar-refractivity contribution in [2.24, 2.45) is 0 Å². The van der Waals surface area contributed by atoms with Gasteiger partial charge >= 0.3 is 5.69 Å². The molecule has 0 amide bonds. The summed E-state index contributed by atoms with van der Waals surface area (Å²) < 4.78 is 10.0. The largest absolute Gasteiger partial charge is 0.493 e.